The summed E-state index contributed by atoms with van der Waals surface area (Å²) in [5, 5.41) is 10.6. The van der Waals surface area contributed by atoms with Gasteiger partial charge in [-0.25, -0.2) is 9.13 Å². The molecule has 0 saturated carbocycles. The number of carbonyl (C=O) groups is 4. The number of unbranched alkanes of at least 4 members (excludes halogenated alkanes) is 46. The molecule has 0 fully saturated rings. The molecule has 0 aliphatic carbocycles. The van der Waals surface area contributed by atoms with Crippen LogP contribution in [-0.4, -0.2) is 96.7 Å². The summed E-state index contributed by atoms with van der Waals surface area (Å²) in [6, 6.07) is 0. The van der Waals surface area contributed by atoms with Crippen molar-refractivity contribution in [3.63, 3.8) is 0 Å². The fourth-order valence-electron chi connectivity index (χ4n) is 12.3. The molecule has 0 rings (SSSR count). The molecular weight excluding hydrogens is 1290 g/mol. The number of esters is 4. The zero-order valence-corrected chi connectivity index (χ0v) is 66.8. The summed E-state index contributed by atoms with van der Waals surface area (Å²) in [6.45, 7) is 12.0. The maximum Gasteiger partial charge on any atom is 0.472 e. The molecule has 0 bridgehead atoms. The molecule has 0 aromatic heterocycles. The van der Waals surface area contributed by atoms with Crippen LogP contribution >= 0.6 is 15.6 Å². The average molecular weight is 1450 g/mol. The normalized spacial score (nSPS) is 14.0. The summed E-state index contributed by atoms with van der Waals surface area (Å²) >= 11 is 0. The third-order valence-corrected chi connectivity index (χ3v) is 20.5. The Labute approximate surface area is 607 Å². The third kappa shape index (κ3) is 74.1. The summed E-state index contributed by atoms with van der Waals surface area (Å²) in [4.78, 5) is 73.0. The van der Waals surface area contributed by atoms with Crippen LogP contribution in [0.3, 0.4) is 0 Å². The van der Waals surface area contributed by atoms with Gasteiger partial charge in [0.1, 0.15) is 19.3 Å². The van der Waals surface area contributed by atoms with Crippen molar-refractivity contribution in [3.8, 4) is 0 Å². The largest absolute Gasteiger partial charge is 0.472 e. The number of aliphatic hydroxyl groups excluding tert-OH is 1. The second kappa shape index (κ2) is 70.4. The molecule has 0 amide bonds. The zero-order chi connectivity index (χ0) is 73.0. The Morgan fingerprint density at radius 3 is 0.687 bits per heavy atom. The van der Waals surface area contributed by atoms with Gasteiger partial charge in [-0.3, -0.25) is 37.3 Å². The van der Waals surface area contributed by atoms with Crippen LogP contribution in [-0.2, 0) is 65.4 Å². The van der Waals surface area contributed by atoms with Crippen molar-refractivity contribution < 1.29 is 80.2 Å². The van der Waals surface area contributed by atoms with Gasteiger partial charge in [-0.2, -0.15) is 0 Å². The molecule has 19 heteroatoms. The van der Waals surface area contributed by atoms with Crippen molar-refractivity contribution in [2.24, 2.45) is 17.8 Å². The Hall–Kier alpha value is -1.94. The molecular formula is C80H156O17P2. The number of phosphoric ester groups is 2. The number of carbonyl (C=O) groups excluding carboxylic acids is 4. The standard InChI is InChI=1S/C80H156O17P2/c1-8-9-10-11-12-13-14-19-27-34-42-49-56-63-79(84)97-76(68-91-78(83)62-55-48-41-36-29-32-39-46-53-60-73(6)7)70-95-99(88,89)93-66-74(81)65-92-98(86,87)94-69-75(67-90-77(82)61-54-47-40-33-26-23-18-21-25-31-38-45-52-59-72(4)5)96-80(85)64-57-50-43-35-28-22-17-15-16-20-24-30-37-44-51-58-71(2)3/h71-76,81H,8-70H2,1-7H3,(H,86,87)(H,88,89)/t74-,75-,76-/m1/s1. The first-order valence-electron chi connectivity index (χ1n) is 41.3. The van der Waals surface area contributed by atoms with E-state index in [0.717, 1.165) is 108 Å². The highest BCUT2D eigenvalue weighted by Crippen LogP contribution is 2.45. The Morgan fingerprint density at radius 2 is 0.465 bits per heavy atom. The van der Waals surface area contributed by atoms with Crippen LogP contribution in [0.15, 0.2) is 0 Å². The number of rotatable bonds is 78. The summed E-state index contributed by atoms with van der Waals surface area (Å²) in [5.74, 6) is 0.227. The maximum atomic E-state index is 13.1. The van der Waals surface area contributed by atoms with Crippen LogP contribution in [0.4, 0.5) is 0 Å². The van der Waals surface area contributed by atoms with Gasteiger partial charge < -0.3 is 33.8 Å². The predicted octanol–water partition coefficient (Wildman–Crippen LogP) is 23.7. The third-order valence-electron chi connectivity index (χ3n) is 18.6. The molecule has 99 heavy (non-hydrogen) atoms. The Kier molecular flexibility index (Phi) is 69.0. The molecule has 0 aliphatic rings. The van der Waals surface area contributed by atoms with Crippen LogP contribution in [0.1, 0.15) is 414 Å². The lowest BCUT2D eigenvalue weighted by molar-refractivity contribution is -0.161. The first kappa shape index (κ1) is 97.1. The zero-order valence-electron chi connectivity index (χ0n) is 65.0. The van der Waals surface area contributed by atoms with Crippen molar-refractivity contribution in [2.75, 3.05) is 39.6 Å². The molecule has 5 atom stereocenters. The summed E-state index contributed by atoms with van der Waals surface area (Å²) < 4.78 is 68.7. The van der Waals surface area contributed by atoms with Crippen molar-refractivity contribution in [2.45, 2.75) is 433 Å². The van der Waals surface area contributed by atoms with Gasteiger partial charge in [-0.1, -0.05) is 363 Å². The molecule has 2 unspecified atom stereocenters. The lowest BCUT2D eigenvalue weighted by atomic mass is 10.0. The molecule has 0 aromatic carbocycles. The van der Waals surface area contributed by atoms with Crippen molar-refractivity contribution in [1.29, 1.82) is 0 Å². The summed E-state index contributed by atoms with van der Waals surface area (Å²) in [7, 11) is -9.92. The minimum absolute atomic E-state index is 0.107. The minimum atomic E-state index is -4.96. The van der Waals surface area contributed by atoms with Gasteiger partial charge in [-0.05, 0) is 43.4 Å². The highest BCUT2D eigenvalue weighted by molar-refractivity contribution is 7.47. The monoisotopic (exact) mass is 1450 g/mol. The minimum Gasteiger partial charge on any atom is -0.462 e. The van der Waals surface area contributed by atoms with Crippen molar-refractivity contribution in [1.82, 2.24) is 0 Å². The smallest absolute Gasteiger partial charge is 0.462 e. The van der Waals surface area contributed by atoms with Crippen LogP contribution in [0, 0.1) is 17.8 Å². The lowest BCUT2D eigenvalue weighted by Gasteiger charge is -2.21. The first-order chi connectivity index (χ1) is 47.7. The number of phosphoric acid groups is 2. The van der Waals surface area contributed by atoms with Gasteiger partial charge in [0.05, 0.1) is 26.4 Å². The van der Waals surface area contributed by atoms with E-state index in [0.29, 0.717) is 25.7 Å². The van der Waals surface area contributed by atoms with Crippen LogP contribution in [0.2, 0.25) is 0 Å². The average Bonchev–Trinajstić information content (AvgIpc) is 1.77. The topological polar surface area (TPSA) is 237 Å². The number of aliphatic hydroxyl groups is 1. The van der Waals surface area contributed by atoms with Gasteiger partial charge in [0.25, 0.3) is 0 Å². The van der Waals surface area contributed by atoms with E-state index in [9.17, 15) is 43.2 Å². The van der Waals surface area contributed by atoms with E-state index in [-0.39, 0.29) is 25.7 Å². The van der Waals surface area contributed by atoms with E-state index < -0.39 is 97.5 Å². The first-order valence-corrected chi connectivity index (χ1v) is 44.3. The number of ether oxygens (including phenoxy) is 4. The van der Waals surface area contributed by atoms with Crippen molar-refractivity contribution >= 4 is 39.5 Å². The van der Waals surface area contributed by atoms with Crippen LogP contribution < -0.4 is 0 Å². The van der Waals surface area contributed by atoms with Gasteiger partial charge >= 0.3 is 39.5 Å². The predicted molar refractivity (Wildman–Crippen MR) is 405 cm³/mol. The highest BCUT2D eigenvalue weighted by Gasteiger charge is 2.30. The number of hydrogen-bond acceptors (Lipinski definition) is 15. The van der Waals surface area contributed by atoms with Crippen LogP contribution in [0.5, 0.6) is 0 Å². The van der Waals surface area contributed by atoms with E-state index in [1.165, 1.54) is 225 Å². The molecule has 3 N–H and O–H groups in total. The van der Waals surface area contributed by atoms with E-state index in [1.54, 1.807) is 0 Å². The second-order valence-electron chi connectivity index (χ2n) is 30.2. The molecule has 588 valence electrons. The Bertz CT molecular complexity index is 1920. The molecule has 0 spiro atoms. The van der Waals surface area contributed by atoms with Gasteiger partial charge in [0.2, 0.25) is 0 Å². The van der Waals surface area contributed by atoms with Crippen molar-refractivity contribution in [3.05, 3.63) is 0 Å². The van der Waals surface area contributed by atoms with E-state index >= 15 is 0 Å². The highest BCUT2D eigenvalue weighted by atomic mass is 31.2. The Morgan fingerprint density at radius 1 is 0.273 bits per heavy atom. The SMILES string of the molecule is CCCCCCCCCCCCCCCC(=O)O[C@H](COC(=O)CCCCCCCCCCCC(C)C)COP(=O)(O)OC[C@H](O)COP(=O)(O)OC[C@@H](COC(=O)CCCCCCCCCCCCCCCC(C)C)OC(=O)CCCCCCCCCCCCCCCCCC(C)C. The molecule has 0 aromatic rings. The molecule has 17 nitrogen and oxygen atoms in total. The lowest BCUT2D eigenvalue weighted by Crippen LogP contribution is -2.30. The molecule has 0 saturated heterocycles. The van der Waals surface area contributed by atoms with E-state index in [4.69, 9.17) is 37.0 Å². The van der Waals surface area contributed by atoms with Crippen LogP contribution in [0.25, 0.3) is 0 Å². The maximum absolute atomic E-state index is 13.1. The second-order valence-corrected chi connectivity index (χ2v) is 33.1. The molecule has 0 aliphatic heterocycles. The number of hydrogen-bond donors (Lipinski definition) is 3. The fraction of sp³-hybridized carbons (Fsp3) is 0.950. The summed E-state index contributed by atoms with van der Waals surface area (Å²) in [5.41, 5.74) is 0. The van der Waals surface area contributed by atoms with E-state index in [2.05, 4.69) is 48.5 Å². The Balaban J connectivity index is 5.26. The van der Waals surface area contributed by atoms with Gasteiger partial charge in [0, 0.05) is 25.7 Å². The summed E-state index contributed by atoms with van der Waals surface area (Å²) in [6.07, 6.45) is 58.1. The quantitative estimate of drug-likeness (QED) is 0.0222. The van der Waals surface area contributed by atoms with Gasteiger partial charge in [-0.15, -0.1) is 0 Å². The van der Waals surface area contributed by atoms with E-state index in [1.807, 2.05) is 0 Å². The molecule has 0 heterocycles. The fourth-order valence-corrected chi connectivity index (χ4v) is 13.9. The molecule has 0 radical (unpaired) electrons. The van der Waals surface area contributed by atoms with Gasteiger partial charge in [0.15, 0.2) is 12.2 Å².